The fraction of sp³-hybridized carbons (Fsp3) is 0.385. The molecule has 2 rings (SSSR count). The second-order valence-electron chi connectivity index (χ2n) is 4.27. The Morgan fingerprint density at radius 3 is 3.06 bits per heavy atom. The van der Waals surface area contributed by atoms with Crippen molar-refractivity contribution in [3.8, 4) is 0 Å². The van der Waals surface area contributed by atoms with Crippen LogP contribution in [0, 0.1) is 0 Å². The number of fused-ring (bicyclic) bond motifs is 1. The molecule has 5 nitrogen and oxygen atoms in total. The molecule has 0 radical (unpaired) electrons. The van der Waals surface area contributed by atoms with E-state index in [4.69, 9.17) is 0 Å². The summed E-state index contributed by atoms with van der Waals surface area (Å²) >= 11 is 0. The molecule has 0 aromatic heterocycles. The van der Waals surface area contributed by atoms with Crippen LogP contribution in [0.4, 0.5) is 5.69 Å². The van der Waals surface area contributed by atoms with E-state index in [9.17, 15) is 9.59 Å². The summed E-state index contributed by atoms with van der Waals surface area (Å²) in [5.74, 6) is 0.00452. The van der Waals surface area contributed by atoms with Crippen molar-refractivity contribution in [2.24, 2.45) is 0 Å². The summed E-state index contributed by atoms with van der Waals surface area (Å²) < 4.78 is 0. The topological polar surface area (TPSA) is 70.2 Å². The molecule has 1 aromatic rings. The van der Waals surface area contributed by atoms with Crippen molar-refractivity contribution in [3.05, 3.63) is 29.3 Å². The summed E-state index contributed by atoms with van der Waals surface area (Å²) in [5, 5.41) is 8.58. The Hall–Kier alpha value is -1.88. The van der Waals surface area contributed by atoms with Crippen LogP contribution in [-0.2, 0) is 22.6 Å². The van der Waals surface area contributed by atoms with E-state index in [0.717, 1.165) is 23.4 Å². The van der Waals surface area contributed by atoms with Crippen LogP contribution in [-0.4, -0.2) is 24.9 Å². The molecule has 1 aliphatic rings. The van der Waals surface area contributed by atoms with Gasteiger partial charge < -0.3 is 16.0 Å². The minimum Gasteiger partial charge on any atom is -0.351 e. The van der Waals surface area contributed by atoms with Crippen LogP contribution in [0.5, 0.6) is 0 Å². The molecule has 0 atom stereocenters. The third kappa shape index (κ3) is 3.07. The lowest BCUT2D eigenvalue weighted by Crippen LogP contribution is -2.33. The first-order chi connectivity index (χ1) is 8.69. The number of benzene rings is 1. The summed E-state index contributed by atoms with van der Waals surface area (Å²) in [6.07, 6.45) is 0.425. The highest BCUT2D eigenvalue weighted by Crippen LogP contribution is 2.23. The van der Waals surface area contributed by atoms with Crippen LogP contribution >= 0.6 is 0 Å². The Morgan fingerprint density at radius 2 is 2.28 bits per heavy atom. The van der Waals surface area contributed by atoms with Crippen LogP contribution in [0.15, 0.2) is 18.2 Å². The third-order valence-corrected chi connectivity index (χ3v) is 2.82. The summed E-state index contributed by atoms with van der Waals surface area (Å²) in [6, 6.07) is 5.75. The van der Waals surface area contributed by atoms with Gasteiger partial charge in [0.05, 0.1) is 13.0 Å². The molecular weight excluding hydrogens is 230 g/mol. The zero-order chi connectivity index (χ0) is 13.0. The van der Waals surface area contributed by atoms with Gasteiger partial charge in [0.2, 0.25) is 11.8 Å². The lowest BCUT2D eigenvalue weighted by Gasteiger charge is -2.07. The van der Waals surface area contributed by atoms with Crippen molar-refractivity contribution >= 4 is 17.5 Å². The van der Waals surface area contributed by atoms with E-state index in [1.807, 2.05) is 25.1 Å². The van der Waals surface area contributed by atoms with E-state index in [-0.39, 0.29) is 11.8 Å². The van der Waals surface area contributed by atoms with Crippen LogP contribution in [0.25, 0.3) is 0 Å². The van der Waals surface area contributed by atoms with Crippen molar-refractivity contribution in [3.63, 3.8) is 0 Å². The molecule has 96 valence electrons. The fourth-order valence-electron chi connectivity index (χ4n) is 1.89. The monoisotopic (exact) mass is 247 g/mol. The van der Waals surface area contributed by atoms with Crippen LogP contribution in [0.1, 0.15) is 18.1 Å². The number of likely N-dealkylation sites (N-methyl/N-ethyl adjacent to an activating group) is 1. The highest BCUT2D eigenvalue weighted by atomic mass is 16.2. The maximum absolute atomic E-state index is 11.4. The number of carbonyl (C=O) groups excluding carboxylic acids is 2. The summed E-state index contributed by atoms with van der Waals surface area (Å²) in [6.45, 7) is 3.56. The Morgan fingerprint density at radius 1 is 1.44 bits per heavy atom. The molecule has 1 heterocycles. The van der Waals surface area contributed by atoms with Crippen molar-refractivity contribution < 1.29 is 9.59 Å². The van der Waals surface area contributed by atoms with E-state index in [0.29, 0.717) is 19.5 Å². The molecule has 0 fully saturated rings. The molecule has 1 aromatic carbocycles. The number of carbonyl (C=O) groups is 2. The Kier molecular flexibility index (Phi) is 3.94. The molecule has 0 saturated heterocycles. The van der Waals surface area contributed by atoms with Gasteiger partial charge in [0, 0.05) is 12.2 Å². The van der Waals surface area contributed by atoms with E-state index in [1.165, 1.54) is 0 Å². The zero-order valence-electron chi connectivity index (χ0n) is 10.4. The van der Waals surface area contributed by atoms with E-state index in [1.54, 1.807) is 0 Å². The molecule has 0 aliphatic carbocycles. The van der Waals surface area contributed by atoms with Crippen LogP contribution in [0.2, 0.25) is 0 Å². The highest BCUT2D eigenvalue weighted by Gasteiger charge is 2.17. The molecule has 2 amide bonds. The third-order valence-electron chi connectivity index (χ3n) is 2.82. The van der Waals surface area contributed by atoms with E-state index in [2.05, 4.69) is 16.0 Å². The minimum atomic E-state index is -0.0217. The molecule has 0 bridgehead atoms. The number of hydrogen-bond acceptors (Lipinski definition) is 3. The lowest BCUT2D eigenvalue weighted by molar-refractivity contribution is -0.120. The normalized spacial score (nSPS) is 13.1. The van der Waals surface area contributed by atoms with Crippen LogP contribution < -0.4 is 16.0 Å². The van der Waals surface area contributed by atoms with E-state index < -0.39 is 0 Å². The number of hydrogen-bond donors (Lipinski definition) is 3. The van der Waals surface area contributed by atoms with Gasteiger partial charge in [0.1, 0.15) is 0 Å². The fourth-order valence-corrected chi connectivity index (χ4v) is 1.89. The second-order valence-corrected chi connectivity index (χ2v) is 4.27. The predicted molar refractivity (Wildman–Crippen MR) is 69.2 cm³/mol. The van der Waals surface area contributed by atoms with E-state index >= 15 is 0 Å². The quantitative estimate of drug-likeness (QED) is 0.705. The number of nitrogens with one attached hydrogen (secondary N) is 3. The SMILES string of the molecule is CCNCC(=O)NCc1ccc2c(c1)CC(=O)N2. The number of anilines is 1. The first kappa shape index (κ1) is 12.6. The molecular formula is C13H17N3O2. The zero-order valence-corrected chi connectivity index (χ0v) is 10.4. The van der Waals surface area contributed by atoms with Gasteiger partial charge in [-0.05, 0) is 23.7 Å². The largest absolute Gasteiger partial charge is 0.351 e. The second kappa shape index (κ2) is 5.64. The molecule has 5 heteroatoms. The summed E-state index contributed by atoms with van der Waals surface area (Å²) in [4.78, 5) is 22.6. The van der Waals surface area contributed by atoms with Gasteiger partial charge >= 0.3 is 0 Å². The number of rotatable bonds is 5. The molecule has 3 N–H and O–H groups in total. The van der Waals surface area contributed by atoms with Gasteiger partial charge in [-0.3, -0.25) is 9.59 Å². The maximum atomic E-state index is 11.4. The first-order valence-electron chi connectivity index (χ1n) is 6.08. The van der Waals surface area contributed by atoms with Crippen molar-refractivity contribution in [1.82, 2.24) is 10.6 Å². The standard InChI is InChI=1S/C13H17N3O2/c1-2-14-8-13(18)15-7-9-3-4-11-10(5-9)6-12(17)16-11/h3-5,14H,2,6-8H2,1H3,(H,15,18)(H,16,17). The summed E-state index contributed by atoms with van der Waals surface area (Å²) in [5.41, 5.74) is 2.89. The Balaban J connectivity index is 1.89. The van der Waals surface area contributed by atoms with Gasteiger partial charge in [0.15, 0.2) is 0 Å². The first-order valence-corrected chi connectivity index (χ1v) is 6.08. The number of amides is 2. The molecule has 0 spiro atoms. The van der Waals surface area contributed by atoms with Crippen molar-refractivity contribution in [2.75, 3.05) is 18.4 Å². The van der Waals surface area contributed by atoms with Crippen molar-refractivity contribution in [2.45, 2.75) is 19.9 Å². The molecule has 0 unspecified atom stereocenters. The lowest BCUT2D eigenvalue weighted by atomic mass is 10.1. The average Bonchev–Trinajstić information content (AvgIpc) is 2.73. The van der Waals surface area contributed by atoms with Gasteiger partial charge in [-0.25, -0.2) is 0 Å². The Bertz CT molecular complexity index is 471. The van der Waals surface area contributed by atoms with Crippen molar-refractivity contribution in [1.29, 1.82) is 0 Å². The Labute approximate surface area is 106 Å². The molecule has 0 saturated carbocycles. The summed E-state index contributed by atoms with van der Waals surface area (Å²) in [7, 11) is 0. The van der Waals surface area contributed by atoms with Gasteiger partial charge in [-0.1, -0.05) is 19.1 Å². The highest BCUT2D eigenvalue weighted by molar-refractivity contribution is 5.99. The average molecular weight is 247 g/mol. The minimum absolute atomic E-state index is 0.0217. The molecule has 1 aliphatic heterocycles. The maximum Gasteiger partial charge on any atom is 0.234 e. The smallest absolute Gasteiger partial charge is 0.234 e. The predicted octanol–water partition coefficient (Wildman–Crippen LogP) is 0.407. The van der Waals surface area contributed by atoms with Gasteiger partial charge in [-0.2, -0.15) is 0 Å². The van der Waals surface area contributed by atoms with Crippen LogP contribution in [0.3, 0.4) is 0 Å². The molecule has 18 heavy (non-hydrogen) atoms. The van der Waals surface area contributed by atoms with Gasteiger partial charge in [-0.15, -0.1) is 0 Å². The van der Waals surface area contributed by atoms with Gasteiger partial charge in [0.25, 0.3) is 0 Å².